The van der Waals surface area contributed by atoms with Crippen LogP contribution in [-0.2, 0) is 35.1 Å². The number of ether oxygens (including phenoxy) is 4. The summed E-state index contributed by atoms with van der Waals surface area (Å²) in [7, 11) is 0. The van der Waals surface area contributed by atoms with Crippen LogP contribution in [0.1, 0.15) is 72.3 Å². The van der Waals surface area contributed by atoms with Crippen molar-refractivity contribution in [3.05, 3.63) is 23.8 Å². The van der Waals surface area contributed by atoms with Crippen LogP contribution in [0, 0.1) is 0 Å². The number of rotatable bonds is 13. The summed E-state index contributed by atoms with van der Waals surface area (Å²) in [4.78, 5) is 47.7. The predicted octanol–water partition coefficient (Wildman–Crippen LogP) is 3.24. The number of carbonyl (C=O) groups is 4. The first kappa shape index (κ1) is 28.1. The van der Waals surface area contributed by atoms with Gasteiger partial charge >= 0.3 is 23.9 Å². The molecule has 9 nitrogen and oxygen atoms in total. The van der Waals surface area contributed by atoms with Crippen LogP contribution in [0.25, 0.3) is 0 Å². The molecule has 0 heterocycles. The Bertz CT molecular complexity index is 823. The Morgan fingerprint density at radius 3 is 1.91 bits per heavy atom. The maximum atomic E-state index is 12.4. The standard InChI is InChI=1S/C24H35NO8/c1-6-9-22(27)32-19-12-11-17(14-20(19)33-23(28)10-7-2)13-18(25)24(29)31-16(5)15(4)30-21(26)8-3/h11-12,14-16,18H,6-10,13,25H2,1-5H3/t15-,16-,18-/m0/s1. The lowest BCUT2D eigenvalue weighted by Crippen LogP contribution is -2.39. The van der Waals surface area contributed by atoms with Gasteiger partial charge in [-0.15, -0.1) is 0 Å². The Balaban J connectivity index is 2.89. The van der Waals surface area contributed by atoms with E-state index >= 15 is 0 Å². The summed E-state index contributed by atoms with van der Waals surface area (Å²) >= 11 is 0. The molecule has 2 N–H and O–H groups in total. The second-order valence-electron chi connectivity index (χ2n) is 7.73. The highest BCUT2D eigenvalue weighted by molar-refractivity contribution is 5.77. The Labute approximate surface area is 194 Å². The number of hydrogen-bond acceptors (Lipinski definition) is 9. The van der Waals surface area contributed by atoms with Crippen LogP contribution in [0.15, 0.2) is 18.2 Å². The first-order valence-corrected chi connectivity index (χ1v) is 11.3. The van der Waals surface area contributed by atoms with Crippen LogP contribution in [0.5, 0.6) is 11.5 Å². The maximum Gasteiger partial charge on any atom is 0.323 e. The van der Waals surface area contributed by atoms with Crippen molar-refractivity contribution in [2.75, 3.05) is 0 Å². The largest absolute Gasteiger partial charge is 0.459 e. The third-order valence-electron chi connectivity index (χ3n) is 4.69. The van der Waals surface area contributed by atoms with Gasteiger partial charge in [-0.25, -0.2) is 0 Å². The molecule has 0 aliphatic rings. The molecule has 0 aliphatic carbocycles. The summed E-state index contributed by atoms with van der Waals surface area (Å²) in [6.07, 6.45) is 0.676. The minimum Gasteiger partial charge on any atom is -0.459 e. The summed E-state index contributed by atoms with van der Waals surface area (Å²) < 4.78 is 21.2. The van der Waals surface area contributed by atoms with Crippen LogP contribution < -0.4 is 15.2 Å². The molecule has 0 unspecified atom stereocenters. The second kappa shape index (κ2) is 14.3. The Morgan fingerprint density at radius 1 is 0.818 bits per heavy atom. The molecule has 1 rings (SSSR count). The van der Waals surface area contributed by atoms with Crippen molar-refractivity contribution in [3.63, 3.8) is 0 Å². The number of nitrogens with two attached hydrogens (primary N) is 1. The Morgan fingerprint density at radius 2 is 1.36 bits per heavy atom. The molecule has 1 aromatic carbocycles. The van der Waals surface area contributed by atoms with Crippen molar-refractivity contribution in [1.29, 1.82) is 0 Å². The molecule has 1 aromatic rings. The molecule has 0 saturated carbocycles. The molecule has 0 spiro atoms. The molecular formula is C24H35NO8. The van der Waals surface area contributed by atoms with E-state index in [9.17, 15) is 19.2 Å². The van der Waals surface area contributed by atoms with Crippen LogP contribution in [0.3, 0.4) is 0 Å². The van der Waals surface area contributed by atoms with E-state index in [0.717, 1.165) is 0 Å². The highest BCUT2D eigenvalue weighted by Gasteiger charge is 2.24. The fourth-order valence-electron chi connectivity index (χ4n) is 2.69. The molecule has 0 saturated heterocycles. The molecule has 0 fully saturated rings. The lowest BCUT2D eigenvalue weighted by molar-refractivity contribution is -0.166. The van der Waals surface area contributed by atoms with Crippen LogP contribution in [0.2, 0.25) is 0 Å². The van der Waals surface area contributed by atoms with Gasteiger partial charge in [-0.1, -0.05) is 26.8 Å². The molecule has 0 bridgehead atoms. The van der Waals surface area contributed by atoms with Gasteiger partial charge in [0.2, 0.25) is 0 Å². The molecule has 0 radical (unpaired) electrons. The zero-order valence-electron chi connectivity index (χ0n) is 20.1. The first-order chi connectivity index (χ1) is 15.6. The molecule has 0 amide bonds. The minimum atomic E-state index is -1.01. The van der Waals surface area contributed by atoms with Crippen molar-refractivity contribution in [2.24, 2.45) is 5.73 Å². The quantitative estimate of drug-likeness (QED) is 0.344. The summed E-state index contributed by atoms with van der Waals surface area (Å²) in [5.74, 6) is -1.74. The third-order valence-corrected chi connectivity index (χ3v) is 4.69. The Hall–Kier alpha value is -2.94. The van der Waals surface area contributed by atoms with Gasteiger partial charge in [-0.3, -0.25) is 19.2 Å². The zero-order chi connectivity index (χ0) is 25.0. The molecule has 184 valence electrons. The third kappa shape index (κ3) is 10.0. The Kier molecular flexibility index (Phi) is 12.1. The minimum absolute atomic E-state index is 0.0874. The van der Waals surface area contributed by atoms with E-state index in [1.165, 1.54) is 12.1 Å². The van der Waals surface area contributed by atoms with E-state index in [1.54, 1.807) is 26.8 Å². The van der Waals surface area contributed by atoms with Gasteiger partial charge in [0.05, 0.1) is 0 Å². The number of hydrogen-bond donors (Lipinski definition) is 1. The summed E-state index contributed by atoms with van der Waals surface area (Å²) in [6.45, 7) is 8.61. The molecule has 9 heteroatoms. The van der Waals surface area contributed by atoms with E-state index in [-0.39, 0.29) is 43.2 Å². The predicted molar refractivity (Wildman–Crippen MR) is 121 cm³/mol. The van der Waals surface area contributed by atoms with Crippen LogP contribution in [0.4, 0.5) is 0 Å². The zero-order valence-corrected chi connectivity index (χ0v) is 20.1. The van der Waals surface area contributed by atoms with Gasteiger partial charge in [-0.05, 0) is 50.8 Å². The SMILES string of the molecule is CCCC(=O)Oc1ccc(C[C@H](N)C(=O)O[C@@H](C)[C@H](C)OC(=O)CC)cc1OC(=O)CCC. The smallest absolute Gasteiger partial charge is 0.323 e. The van der Waals surface area contributed by atoms with Crippen molar-refractivity contribution in [3.8, 4) is 11.5 Å². The maximum absolute atomic E-state index is 12.4. The number of benzene rings is 1. The van der Waals surface area contributed by atoms with Crippen molar-refractivity contribution >= 4 is 23.9 Å². The molecule has 33 heavy (non-hydrogen) atoms. The van der Waals surface area contributed by atoms with Crippen molar-refractivity contribution < 1.29 is 38.1 Å². The van der Waals surface area contributed by atoms with Crippen LogP contribution in [-0.4, -0.2) is 42.1 Å². The van der Waals surface area contributed by atoms with E-state index in [4.69, 9.17) is 24.7 Å². The number of esters is 4. The summed E-state index contributed by atoms with van der Waals surface area (Å²) in [5.41, 5.74) is 6.60. The van der Waals surface area contributed by atoms with E-state index in [0.29, 0.717) is 18.4 Å². The average Bonchev–Trinajstić information content (AvgIpc) is 2.75. The van der Waals surface area contributed by atoms with E-state index in [2.05, 4.69) is 0 Å². The summed E-state index contributed by atoms with van der Waals surface area (Å²) in [5, 5.41) is 0. The first-order valence-electron chi connectivity index (χ1n) is 11.3. The lowest BCUT2D eigenvalue weighted by Gasteiger charge is -2.22. The molecule has 0 aliphatic heterocycles. The average molecular weight is 466 g/mol. The van der Waals surface area contributed by atoms with Gasteiger partial charge in [0, 0.05) is 19.3 Å². The highest BCUT2D eigenvalue weighted by atomic mass is 16.6. The number of carbonyl (C=O) groups excluding carboxylic acids is 4. The van der Waals surface area contributed by atoms with E-state index in [1.807, 2.05) is 13.8 Å². The summed E-state index contributed by atoms with van der Waals surface area (Å²) in [6, 6.07) is 3.65. The van der Waals surface area contributed by atoms with E-state index < -0.39 is 36.2 Å². The molecule has 3 atom stereocenters. The van der Waals surface area contributed by atoms with Crippen molar-refractivity contribution in [2.45, 2.75) is 91.4 Å². The van der Waals surface area contributed by atoms with Crippen LogP contribution >= 0.6 is 0 Å². The molecular weight excluding hydrogens is 430 g/mol. The fraction of sp³-hybridized carbons (Fsp3) is 0.583. The normalized spacial score (nSPS) is 13.4. The van der Waals surface area contributed by atoms with Gasteiger partial charge in [0.1, 0.15) is 18.2 Å². The van der Waals surface area contributed by atoms with Crippen molar-refractivity contribution in [1.82, 2.24) is 0 Å². The monoisotopic (exact) mass is 465 g/mol. The molecule has 0 aromatic heterocycles. The lowest BCUT2D eigenvalue weighted by atomic mass is 10.1. The fourth-order valence-corrected chi connectivity index (χ4v) is 2.69. The topological polar surface area (TPSA) is 131 Å². The highest BCUT2D eigenvalue weighted by Crippen LogP contribution is 2.30. The van der Waals surface area contributed by atoms with Gasteiger partial charge < -0.3 is 24.7 Å². The second-order valence-corrected chi connectivity index (χ2v) is 7.73. The van der Waals surface area contributed by atoms with Gasteiger partial charge in [-0.2, -0.15) is 0 Å². The van der Waals surface area contributed by atoms with Gasteiger partial charge in [0.25, 0.3) is 0 Å². The van der Waals surface area contributed by atoms with Gasteiger partial charge in [0.15, 0.2) is 11.5 Å².